The van der Waals surface area contributed by atoms with Crippen LogP contribution >= 0.6 is 0 Å². The number of para-hydroxylation sites is 1. The Balaban J connectivity index is 0.836. The molecule has 0 fully saturated rings. The van der Waals surface area contributed by atoms with Crippen LogP contribution in [-0.2, 0) is 0 Å². The molecule has 402 valence electrons. The van der Waals surface area contributed by atoms with Gasteiger partial charge >= 0.3 is 0 Å². The largest absolute Gasteiger partial charge is 0.310 e. The summed E-state index contributed by atoms with van der Waals surface area (Å²) < 4.78 is 2.45. The first-order valence-corrected chi connectivity index (χ1v) is 29.7. The summed E-state index contributed by atoms with van der Waals surface area (Å²) in [6, 6.07) is 125. The van der Waals surface area contributed by atoms with Gasteiger partial charge in [0, 0.05) is 33.2 Å². The van der Waals surface area contributed by atoms with E-state index in [1.807, 2.05) is 0 Å². The topological polar surface area (TPSA) is 8.17 Å². The quantitative estimate of drug-likeness (QED) is 0.117. The zero-order valence-corrected chi connectivity index (χ0v) is 47.2. The minimum Gasteiger partial charge on any atom is -0.310 e. The van der Waals surface area contributed by atoms with Gasteiger partial charge in [-0.05, 0) is 172 Å². The van der Waals surface area contributed by atoms with Crippen molar-refractivity contribution < 1.29 is 0 Å². The first kappa shape index (κ1) is 50.4. The number of rotatable bonds is 11. The van der Waals surface area contributed by atoms with Gasteiger partial charge in [-0.2, -0.15) is 0 Å². The maximum Gasteiger partial charge on any atom is 0.0541 e. The van der Waals surface area contributed by atoms with E-state index < -0.39 is 0 Å². The van der Waals surface area contributed by atoms with Crippen molar-refractivity contribution in [3.05, 3.63) is 340 Å². The molecule has 16 rings (SSSR count). The van der Waals surface area contributed by atoms with Gasteiger partial charge in [0.1, 0.15) is 0 Å². The molecule has 16 aromatic rings. The minimum absolute atomic E-state index is 1.07. The Morgan fingerprint density at radius 3 is 1.06 bits per heavy atom. The average molecular weight is 1090 g/mol. The zero-order valence-electron chi connectivity index (χ0n) is 47.2. The molecule has 1 aromatic heterocycles. The van der Waals surface area contributed by atoms with Crippen molar-refractivity contribution in [2.24, 2.45) is 0 Å². The number of aromatic nitrogens is 1. The maximum atomic E-state index is 2.45. The highest BCUT2D eigenvalue weighted by atomic mass is 15.1. The molecule has 0 radical (unpaired) electrons. The van der Waals surface area contributed by atoms with Gasteiger partial charge in [0.2, 0.25) is 0 Å². The van der Waals surface area contributed by atoms with E-state index in [2.05, 4.69) is 349 Å². The summed E-state index contributed by atoms with van der Waals surface area (Å²) >= 11 is 0. The summed E-state index contributed by atoms with van der Waals surface area (Å²) in [5.74, 6) is 0. The molecule has 0 atom stereocenters. The number of benzene rings is 15. The Labute approximate surface area is 501 Å². The fraction of sp³-hybridized carbons (Fsp3) is 0. The van der Waals surface area contributed by atoms with E-state index in [9.17, 15) is 0 Å². The molecular formula is C84H56N2. The van der Waals surface area contributed by atoms with Gasteiger partial charge in [-0.1, -0.05) is 273 Å². The van der Waals surface area contributed by atoms with Crippen molar-refractivity contribution in [2.45, 2.75) is 0 Å². The molecule has 0 aliphatic rings. The van der Waals surface area contributed by atoms with Crippen molar-refractivity contribution in [1.82, 2.24) is 4.57 Å². The molecule has 0 aliphatic heterocycles. The van der Waals surface area contributed by atoms with E-state index in [1.165, 1.54) is 121 Å². The predicted octanol–water partition coefficient (Wildman–Crippen LogP) is 23.4. The summed E-state index contributed by atoms with van der Waals surface area (Å²) in [6.07, 6.45) is 0. The molecule has 0 bridgehead atoms. The van der Waals surface area contributed by atoms with Gasteiger partial charge in [-0.3, -0.25) is 0 Å². The van der Waals surface area contributed by atoms with Crippen LogP contribution in [0.3, 0.4) is 0 Å². The van der Waals surface area contributed by atoms with Crippen LogP contribution in [0, 0.1) is 0 Å². The van der Waals surface area contributed by atoms with E-state index in [0.29, 0.717) is 0 Å². The van der Waals surface area contributed by atoms with Crippen LogP contribution in [0.15, 0.2) is 340 Å². The molecule has 0 aliphatic carbocycles. The Morgan fingerprint density at radius 2 is 0.558 bits per heavy atom. The van der Waals surface area contributed by atoms with Crippen LogP contribution in [0.1, 0.15) is 0 Å². The van der Waals surface area contributed by atoms with Gasteiger partial charge in [-0.25, -0.2) is 0 Å². The van der Waals surface area contributed by atoms with Gasteiger partial charge in [0.15, 0.2) is 0 Å². The molecule has 0 N–H and O–H groups in total. The van der Waals surface area contributed by atoms with Crippen LogP contribution in [0.5, 0.6) is 0 Å². The van der Waals surface area contributed by atoms with E-state index in [-0.39, 0.29) is 0 Å². The van der Waals surface area contributed by atoms with Gasteiger partial charge in [-0.15, -0.1) is 0 Å². The lowest BCUT2D eigenvalue weighted by atomic mass is 9.84. The van der Waals surface area contributed by atoms with Crippen molar-refractivity contribution >= 4 is 71.2 Å². The van der Waals surface area contributed by atoms with Crippen molar-refractivity contribution in [2.75, 3.05) is 4.90 Å². The Kier molecular flexibility index (Phi) is 12.6. The van der Waals surface area contributed by atoms with E-state index in [4.69, 9.17) is 0 Å². The first-order chi connectivity index (χ1) is 42.7. The third kappa shape index (κ3) is 8.74. The Bertz CT molecular complexity index is 4980. The molecule has 0 saturated carbocycles. The molecule has 0 spiro atoms. The minimum atomic E-state index is 1.07. The molecule has 86 heavy (non-hydrogen) atoms. The second-order valence-electron chi connectivity index (χ2n) is 22.3. The second kappa shape index (κ2) is 21.5. The van der Waals surface area contributed by atoms with E-state index in [1.54, 1.807) is 0 Å². The fourth-order valence-corrected chi connectivity index (χ4v) is 13.5. The molecule has 2 heteroatoms. The standard InChI is InChI=1S/C84H56N2/c1-5-23-57(24-6-1)58-41-43-61(44-42-58)83-73-37-19-21-39-75(73)84(76-40-22-20-38-74(76)83)77-51-54-80(72-36-18-17-35-71(72)77)85(64-29-11-4-12-30-64)65-47-49-66(50-48-65)86-81-52-45-62(69-33-15-13-31-67(69)59-25-7-2-8-26-59)55-78(81)79-56-63(46-53-82(79)86)70-34-16-14-32-68(70)60-27-9-3-10-28-60/h1-56H. The van der Waals surface area contributed by atoms with Crippen LogP contribution in [0.25, 0.3) is 138 Å². The maximum absolute atomic E-state index is 2.45. The molecule has 15 aromatic carbocycles. The third-order valence-electron chi connectivity index (χ3n) is 17.4. The van der Waals surface area contributed by atoms with Crippen LogP contribution in [-0.4, -0.2) is 4.57 Å². The number of hydrogen-bond acceptors (Lipinski definition) is 1. The summed E-state index contributed by atoms with van der Waals surface area (Å²) in [6.45, 7) is 0. The highest BCUT2D eigenvalue weighted by Gasteiger charge is 2.23. The van der Waals surface area contributed by atoms with Crippen LogP contribution < -0.4 is 4.90 Å². The summed E-state index contributed by atoms with van der Waals surface area (Å²) in [4.78, 5) is 2.42. The average Bonchev–Trinajstić information content (AvgIpc) is 2.07. The number of nitrogens with zero attached hydrogens (tertiary/aromatic N) is 2. The fourth-order valence-electron chi connectivity index (χ4n) is 13.5. The van der Waals surface area contributed by atoms with Gasteiger partial charge < -0.3 is 9.47 Å². The monoisotopic (exact) mass is 1090 g/mol. The lowest BCUT2D eigenvalue weighted by molar-refractivity contribution is 1.17. The molecule has 0 amide bonds. The van der Waals surface area contributed by atoms with Crippen molar-refractivity contribution in [1.29, 1.82) is 0 Å². The van der Waals surface area contributed by atoms with Gasteiger partial charge in [0.25, 0.3) is 0 Å². The summed E-state index contributed by atoms with van der Waals surface area (Å²) in [5.41, 5.74) is 23.6. The van der Waals surface area contributed by atoms with Crippen molar-refractivity contribution in [3.63, 3.8) is 0 Å². The number of fused-ring (bicyclic) bond motifs is 6. The smallest absolute Gasteiger partial charge is 0.0541 e. The predicted molar refractivity (Wildman–Crippen MR) is 366 cm³/mol. The summed E-state index contributed by atoms with van der Waals surface area (Å²) in [7, 11) is 0. The Morgan fingerprint density at radius 1 is 0.198 bits per heavy atom. The number of anilines is 3. The number of hydrogen-bond donors (Lipinski definition) is 0. The van der Waals surface area contributed by atoms with Gasteiger partial charge in [0.05, 0.1) is 16.7 Å². The summed E-state index contributed by atoms with van der Waals surface area (Å²) in [5, 5.41) is 9.70. The van der Waals surface area contributed by atoms with Crippen LogP contribution in [0.4, 0.5) is 17.1 Å². The zero-order chi connectivity index (χ0) is 56.9. The van der Waals surface area contributed by atoms with E-state index >= 15 is 0 Å². The van der Waals surface area contributed by atoms with E-state index in [0.717, 1.165) is 33.8 Å². The lowest BCUT2D eigenvalue weighted by Crippen LogP contribution is -2.10. The molecular weight excluding hydrogens is 1040 g/mol. The molecule has 0 unspecified atom stereocenters. The highest BCUT2D eigenvalue weighted by molar-refractivity contribution is 6.24. The molecule has 0 saturated heterocycles. The molecule has 2 nitrogen and oxygen atoms in total. The SMILES string of the molecule is c1ccc(-c2ccc(-c3c4ccccc4c(-c4ccc(N(c5ccccc5)c5ccc(-n6c7ccc(-c8ccccc8-c8ccccc8)cc7c7cc(-c8ccccc8-c8ccccc8)ccc76)cc5)c5ccccc45)c4ccccc34)cc2)cc1. The first-order valence-electron chi connectivity index (χ1n) is 29.7. The van der Waals surface area contributed by atoms with Crippen LogP contribution in [0.2, 0.25) is 0 Å². The molecule has 1 heterocycles. The third-order valence-corrected chi connectivity index (χ3v) is 17.4. The highest BCUT2D eigenvalue weighted by Crippen LogP contribution is 2.49. The normalized spacial score (nSPS) is 11.5. The lowest BCUT2D eigenvalue weighted by Gasteiger charge is -2.28. The Hall–Kier alpha value is -11.3. The van der Waals surface area contributed by atoms with Crippen molar-refractivity contribution in [3.8, 4) is 83.6 Å². The second-order valence-corrected chi connectivity index (χ2v) is 22.3.